The number of nitro benzene ring substituents is 2. The highest BCUT2D eigenvalue weighted by Gasteiger charge is 2.39. The number of rotatable bonds is 8. The quantitative estimate of drug-likeness (QED) is 0.181. The molecule has 0 spiro atoms. The first-order valence-corrected chi connectivity index (χ1v) is 11.8. The molecule has 0 aliphatic rings. The van der Waals surface area contributed by atoms with Crippen LogP contribution in [0, 0.1) is 20.2 Å². The second-order valence-corrected chi connectivity index (χ2v) is 9.14. The number of carbonyl (C=O) groups is 1. The minimum absolute atomic E-state index is 0.0355. The van der Waals surface area contributed by atoms with Gasteiger partial charge in [0.1, 0.15) is 21.5 Å². The Morgan fingerprint density at radius 2 is 0.974 bits per heavy atom. The fourth-order valence-corrected chi connectivity index (χ4v) is 4.91. The molecule has 9 nitrogen and oxygen atoms in total. The summed E-state index contributed by atoms with van der Waals surface area (Å²) >= 11 is 12.4. The molecule has 4 rings (SSSR count). The van der Waals surface area contributed by atoms with Crippen molar-refractivity contribution in [3.8, 4) is 11.5 Å². The van der Waals surface area contributed by atoms with Crippen LogP contribution in [0.1, 0.15) is 34.1 Å². The van der Waals surface area contributed by atoms with E-state index in [-0.39, 0.29) is 43.8 Å². The summed E-state index contributed by atoms with van der Waals surface area (Å²) in [6.45, 7) is 0. The summed E-state index contributed by atoms with van der Waals surface area (Å²) in [4.78, 5) is 37.2. The van der Waals surface area contributed by atoms with Crippen molar-refractivity contribution >= 4 is 40.4 Å². The molecule has 0 saturated heterocycles. The van der Waals surface area contributed by atoms with Crippen LogP contribution in [0.3, 0.4) is 0 Å². The molecule has 0 bridgehead atoms. The van der Waals surface area contributed by atoms with Gasteiger partial charge in [-0.25, -0.2) is 0 Å². The van der Waals surface area contributed by atoms with E-state index in [1.54, 1.807) is 0 Å². The van der Waals surface area contributed by atoms with E-state index in [1.807, 2.05) is 0 Å². The van der Waals surface area contributed by atoms with Crippen molar-refractivity contribution in [2.75, 3.05) is 0 Å². The zero-order chi connectivity index (χ0) is 27.6. The summed E-state index contributed by atoms with van der Waals surface area (Å²) < 4.78 is 0. The van der Waals surface area contributed by atoms with Crippen LogP contribution >= 0.6 is 23.2 Å². The first kappa shape index (κ1) is 26.6. The molecule has 4 aromatic rings. The van der Waals surface area contributed by atoms with E-state index >= 15 is 0 Å². The third-order valence-corrected chi connectivity index (χ3v) is 6.66. The highest BCUT2D eigenvalue weighted by molar-refractivity contribution is 6.33. The number of hydrogen-bond acceptors (Lipinski definition) is 7. The van der Waals surface area contributed by atoms with Gasteiger partial charge in [-0.3, -0.25) is 25.0 Å². The Labute approximate surface area is 225 Å². The molecule has 0 saturated carbocycles. The van der Waals surface area contributed by atoms with E-state index in [1.165, 1.54) is 84.9 Å². The van der Waals surface area contributed by atoms with E-state index in [4.69, 9.17) is 23.2 Å². The third kappa shape index (κ3) is 5.15. The van der Waals surface area contributed by atoms with Gasteiger partial charge in [0.05, 0.1) is 21.7 Å². The average molecular weight is 553 g/mol. The molecular weight excluding hydrogens is 535 g/mol. The van der Waals surface area contributed by atoms with Gasteiger partial charge in [0, 0.05) is 11.1 Å². The van der Waals surface area contributed by atoms with Gasteiger partial charge in [-0.15, -0.1) is 0 Å². The molecule has 4 aromatic carbocycles. The van der Waals surface area contributed by atoms with E-state index in [0.717, 1.165) is 0 Å². The number of benzene rings is 4. The number of aromatic hydroxyl groups is 2. The SMILES string of the molecule is O=C(C(c1ccc(O)cc1)c1cccc(Cl)c1[N+](=O)[O-])C(c1ccc(O)cc1)c1cccc(Cl)c1[N+](=O)[O-]. The zero-order valence-corrected chi connectivity index (χ0v) is 20.8. The number of ketones is 1. The number of Topliss-reactive ketones (excluding diaryl/α,β-unsaturated/α-hetero) is 1. The predicted molar refractivity (Wildman–Crippen MR) is 141 cm³/mol. The lowest BCUT2D eigenvalue weighted by Gasteiger charge is -2.24. The molecule has 2 atom stereocenters. The van der Waals surface area contributed by atoms with Crippen LogP contribution in [0.25, 0.3) is 0 Å². The van der Waals surface area contributed by atoms with Crippen LogP contribution < -0.4 is 0 Å². The Bertz CT molecular complexity index is 1430. The van der Waals surface area contributed by atoms with Gasteiger partial charge in [-0.05, 0) is 47.5 Å². The molecule has 0 aliphatic heterocycles. The molecule has 0 amide bonds. The first-order chi connectivity index (χ1) is 18.1. The predicted octanol–water partition coefficient (Wildman–Crippen LogP) is 6.75. The topological polar surface area (TPSA) is 144 Å². The van der Waals surface area contributed by atoms with Crippen LogP contribution in [0.5, 0.6) is 11.5 Å². The van der Waals surface area contributed by atoms with E-state index in [9.17, 15) is 35.2 Å². The highest BCUT2D eigenvalue weighted by Crippen LogP contribution is 2.44. The Morgan fingerprint density at radius 3 is 1.29 bits per heavy atom. The van der Waals surface area contributed by atoms with Crippen molar-refractivity contribution < 1.29 is 24.9 Å². The molecule has 2 unspecified atom stereocenters. The molecule has 2 N–H and O–H groups in total. The summed E-state index contributed by atoms with van der Waals surface area (Å²) in [7, 11) is 0. The number of phenolic OH excluding ortho intramolecular Hbond substituents is 2. The summed E-state index contributed by atoms with van der Waals surface area (Å²) in [5.74, 6) is -3.50. The number of halogens is 2. The van der Waals surface area contributed by atoms with Crippen molar-refractivity contribution in [3.63, 3.8) is 0 Å². The Balaban J connectivity index is 2.04. The normalized spacial score (nSPS) is 12.5. The second kappa shape index (κ2) is 10.9. The number of phenols is 2. The number of nitrogens with zero attached hydrogens (tertiary/aromatic N) is 2. The first-order valence-electron chi connectivity index (χ1n) is 11.1. The van der Waals surface area contributed by atoms with E-state index in [2.05, 4.69) is 0 Å². The second-order valence-electron chi connectivity index (χ2n) is 8.32. The summed E-state index contributed by atoms with van der Waals surface area (Å²) in [5.41, 5.74) is -0.493. The largest absolute Gasteiger partial charge is 0.508 e. The van der Waals surface area contributed by atoms with E-state index < -0.39 is 38.8 Å². The fourth-order valence-electron chi connectivity index (χ4n) is 4.41. The molecule has 0 aliphatic carbocycles. The fraction of sp³-hybridized carbons (Fsp3) is 0.0741. The average Bonchev–Trinajstić information content (AvgIpc) is 2.86. The Morgan fingerprint density at radius 1 is 0.632 bits per heavy atom. The monoisotopic (exact) mass is 552 g/mol. The van der Waals surface area contributed by atoms with Gasteiger partial charge in [-0.1, -0.05) is 71.7 Å². The minimum atomic E-state index is -1.33. The van der Waals surface area contributed by atoms with Crippen molar-refractivity contribution in [2.45, 2.75) is 11.8 Å². The highest BCUT2D eigenvalue weighted by atomic mass is 35.5. The molecule has 11 heteroatoms. The number of para-hydroxylation sites is 2. The zero-order valence-electron chi connectivity index (χ0n) is 19.3. The van der Waals surface area contributed by atoms with Crippen LogP contribution in [-0.2, 0) is 4.79 Å². The van der Waals surface area contributed by atoms with Gasteiger partial charge in [0.25, 0.3) is 11.4 Å². The standard InChI is InChI=1S/C27H18Cl2N2O7/c28-21-5-1-3-19(25(21)30(35)36)23(15-7-11-17(32)12-8-15)27(34)24(16-9-13-18(33)14-10-16)20-4-2-6-22(29)26(20)31(37)38/h1-14,23-24,32-33H. The molecule has 192 valence electrons. The lowest BCUT2D eigenvalue weighted by atomic mass is 9.76. The number of carbonyl (C=O) groups excluding carboxylic acids is 1. The van der Waals surface area contributed by atoms with Gasteiger partial charge < -0.3 is 10.2 Å². The minimum Gasteiger partial charge on any atom is -0.508 e. The molecule has 0 radical (unpaired) electrons. The lowest BCUT2D eigenvalue weighted by molar-refractivity contribution is -0.385. The van der Waals surface area contributed by atoms with Crippen LogP contribution in [-0.4, -0.2) is 25.8 Å². The van der Waals surface area contributed by atoms with Crippen molar-refractivity contribution in [1.29, 1.82) is 0 Å². The van der Waals surface area contributed by atoms with Crippen molar-refractivity contribution in [2.24, 2.45) is 0 Å². The Kier molecular flexibility index (Phi) is 7.61. The number of nitro groups is 2. The van der Waals surface area contributed by atoms with Gasteiger partial charge in [-0.2, -0.15) is 0 Å². The van der Waals surface area contributed by atoms with Gasteiger partial charge in [0.2, 0.25) is 0 Å². The molecular formula is C27H18Cl2N2O7. The Hall–Kier alpha value is -4.47. The molecule has 0 heterocycles. The molecule has 0 aromatic heterocycles. The smallest absolute Gasteiger partial charge is 0.292 e. The maximum Gasteiger partial charge on any atom is 0.292 e. The molecule has 38 heavy (non-hydrogen) atoms. The number of hydrogen-bond donors (Lipinski definition) is 2. The summed E-state index contributed by atoms with van der Waals surface area (Å²) in [6.07, 6.45) is 0. The summed E-state index contributed by atoms with van der Waals surface area (Å²) in [5, 5.41) is 43.3. The van der Waals surface area contributed by atoms with E-state index in [0.29, 0.717) is 0 Å². The summed E-state index contributed by atoms with van der Waals surface area (Å²) in [6, 6.07) is 19.4. The van der Waals surface area contributed by atoms with Crippen LogP contribution in [0.2, 0.25) is 10.0 Å². The third-order valence-electron chi connectivity index (χ3n) is 6.05. The van der Waals surface area contributed by atoms with Crippen molar-refractivity contribution in [1.82, 2.24) is 0 Å². The van der Waals surface area contributed by atoms with Crippen molar-refractivity contribution in [3.05, 3.63) is 137 Å². The molecule has 0 fully saturated rings. The maximum absolute atomic E-state index is 14.5. The van der Waals surface area contributed by atoms with Gasteiger partial charge >= 0.3 is 0 Å². The lowest BCUT2D eigenvalue weighted by Crippen LogP contribution is -2.24. The maximum atomic E-state index is 14.5. The van der Waals surface area contributed by atoms with Crippen LogP contribution in [0.15, 0.2) is 84.9 Å². The van der Waals surface area contributed by atoms with Crippen LogP contribution in [0.4, 0.5) is 11.4 Å². The van der Waals surface area contributed by atoms with Gasteiger partial charge in [0.15, 0.2) is 5.78 Å².